The van der Waals surface area contributed by atoms with Gasteiger partial charge in [0.15, 0.2) is 0 Å². The molecule has 4 nitrogen and oxygen atoms in total. The number of ether oxygens (including phenoxy) is 1. The number of rotatable bonds is 4. The summed E-state index contributed by atoms with van der Waals surface area (Å²) in [4.78, 5) is 0. The summed E-state index contributed by atoms with van der Waals surface area (Å²) >= 11 is 0. The summed E-state index contributed by atoms with van der Waals surface area (Å²) in [6, 6.07) is 6.95. The molecule has 0 aliphatic heterocycles. The van der Waals surface area contributed by atoms with Crippen LogP contribution in [0.15, 0.2) is 24.3 Å². The first-order chi connectivity index (χ1) is 7.01. The number of sulfonamides is 1. The van der Waals surface area contributed by atoms with E-state index >= 15 is 0 Å². The van der Waals surface area contributed by atoms with Crippen molar-refractivity contribution in [3.05, 3.63) is 24.3 Å². The van der Waals surface area contributed by atoms with E-state index in [-0.39, 0.29) is 5.75 Å². The summed E-state index contributed by atoms with van der Waals surface area (Å²) in [5, 5.41) is 0. The Kier molecular flexibility index (Phi) is 3.57. The normalized spacial score (nSPS) is 11.1. The molecule has 1 rings (SSSR count). The van der Waals surface area contributed by atoms with Crippen LogP contribution in [0.4, 0.5) is 5.69 Å². The third-order valence-corrected chi connectivity index (χ3v) is 3.97. The van der Waals surface area contributed by atoms with E-state index in [9.17, 15) is 8.42 Å². The molecule has 0 atom stereocenters. The minimum Gasteiger partial charge on any atom is -0.497 e. The Labute approximate surface area is 90.5 Å². The average Bonchev–Trinajstić information content (AvgIpc) is 2.28. The molecule has 0 amide bonds. The highest BCUT2D eigenvalue weighted by Gasteiger charge is 2.15. The molecule has 1 aromatic carbocycles. The van der Waals surface area contributed by atoms with Crippen molar-refractivity contribution in [1.82, 2.24) is 0 Å². The second kappa shape index (κ2) is 4.53. The van der Waals surface area contributed by atoms with Gasteiger partial charge >= 0.3 is 0 Å². The Bertz CT molecular complexity index is 428. The van der Waals surface area contributed by atoms with Crippen molar-refractivity contribution in [2.24, 2.45) is 0 Å². The van der Waals surface area contributed by atoms with Gasteiger partial charge < -0.3 is 4.74 Å². The van der Waals surface area contributed by atoms with Crippen LogP contribution < -0.4 is 9.04 Å². The summed E-state index contributed by atoms with van der Waals surface area (Å²) in [5.74, 6) is 0.728. The number of benzene rings is 1. The molecule has 0 unspecified atom stereocenters. The Morgan fingerprint density at radius 3 is 2.60 bits per heavy atom. The van der Waals surface area contributed by atoms with Crippen LogP contribution in [0.3, 0.4) is 0 Å². The lowest BCUT2D eigenvalue weighted by Gasteiger charge is -2.18. The summed E-state index contributed by atoms with van der Waals surface area (Å²) in [5.41, 5.74) is 0.608. The van der Waals surface area contributed by atoms with Crippen molar-refractivity contribution in [3.63, 3.8) is 0 Å². The molecule has 0 aliphatic carbocycles. The summed E-state index contributed by atoms with van der Waals surface area (Å²) in [7, 11) is -0.114. The quantitative estimate of drug-likeness (QED) is 0.785. The third kappa shape index (κ3) is 2.62. The van der Waals surface area contributed by atoms with Crippen LogP contribution in [0.2, 0.25) is 0 Å². The van der Waals surface area contributed by atoms with Crippen LogP contribution in [0.5, 0.6) is 5.75 Å². The molecule has 0 saturated carbocycles. The maximum atomic E-state index is 11.6. The van der Waals surface area contributed by atoms with Crippen molar-refractivity contribution in [1.29, 1.82) is 0 Å². The van der Waals surface area contributed by atoms with Crippen LogP contribution in [-0.2, 0) is 10.0 Å². The highest BCUT2D eigenvalue weighted by molar-refractivity contribution is 7.92. The lowest BCUT2D eigenvalue weighted by Crippen LogP contribution is -2.27. The first-order valence-electron chi connectivity index (χ1n) is 4.62. The van der Waals surface area contributed by atoms with Crippen LogP contribution in [0, 0.1) is 0 Å². The maximum Gasteiger partial charge on any atom is 0.234 e. The predicted molar refractivity (Wildman–Crippen MR) is 60.9 cm³/mol. The third-order valence-electron chi connectivity index (χ3n) is 2.20. The molecule has 0 aromatic heterocycles. The van der Waals surface area contributed by atoms with Gasteiger partial charge in [-0.3, -0.25) is 4.31 Å². The van der Waals surface area contributed by atoms with E-state index in [2.05, 4.69) is 0 Å². The Morgan fingerprint density at radius 2 is 2.07 bits per heavy atom. The maximum absolute atomic E-state index is 11.6. The fourth-order valence-electron chi connectivity index (χ4n) is 1.16. The molecule has 0 bridgehead atoms. The molecule has 0 aliphatic rings. The highest BCUT2D eigenvalue weighted by Crippen LogP contribution is 2.21. The lowest BCUT2D eigenvalue weighted by molar-refractivity contribution is 0.415. The minimum absolute atomic E-state index is 0.0840. The van der Waals surface area contributed by atoms with Crippen molar-refractivity contribution >= 4 is 15.7 Å². The van der Waals surface area contributed by atoms with Gasteiger partial charge in [-0.15, -0.1) is 0 Å². The molecule has 0 heterocycles. The molecular weight excluding hydrogens is 214 g/mol. The Hall–Kier alpha value is -1.23. The van der Waals surface area contributed by atoms with E-state index in [0.717, 1.165) is 0 Å². The van der Waals surface area contributed by atoms with Gasteiger partial charge in [-0.2, -0.15) is 0 Å². The molecular formula is C10H15NO3S. The molecule has 0 N–H and O–H groups in total. The standard InChI is InChI=1S/C10H15NO3S/c1-4-15(12,13)11(2)9-6-5-7-10(8-9)14-3/h5-8H,4H2,1-3H3. The summed E-state index contributed by atoms with van der Waals surface area (Å²) in [6.45, 7) is 1.62. The first-order valence-corrected chi connectivity index (χ1v) is 6.23. The van der Waals surface area contributed by atoms with Crippen molar-refractivity contribution in [3.8, 4) is 5.75 Å². The molecule has 0 fully saturated rings. The second-order valence-corrected chi connectivity index (χ2v) is 5.36. The molecule has 1 aromatic rings. The SMILES string of the molecule is CCS(=O)(=O)N(C)c1cccc(OC)c1. The van der Waals surface area contributed by atoms with Gasteiger partial charge in [0.1, 0.15) is 5.75 Å². The number of methoxy groups -OCH3 is 1. The van der Waals surface area contributed by atoms with E-state index in [1.54, 1.807) is 38.3 Å². The predicted octanol–water partition coefficient (Wildman–Crippen LogP) is 1.48. The largest absolute Gasteiger partial charge is 0.497 e. The Balaban J connectivity index is 3.06. The molecule has 15 heavy (non-hydrogen) atoms. The molecule has 0 radical (unpaired) electrons. The lowest BCUT2D eigenvalue weighted by atomic mass is 10.3. The summed E-state index contributed by atoms with van der Waals surface area (Å²) < 4.78 is 29.5. The molecule has 0 spiro atoms. The van der Waals surface area contributed by atoms with Gasteiger partial charge in [0.05, 0.1) is 18.6 Å². The number of hydrogen-bond donors (Lipinski definition) is 0. The number of hydrogen-bond acceptors (Lipinski definition) is 3. The van der Waals surface area contributed by atoms with Gasteiger partial charge in [0.2, 0.25) is 10.0 Å². The fraction of sp³-hybridized carbons (Fsp3) is 0.400. The van der Waals surface area contributed by atoms with Gasteiger partial charge in [0.25, 0.3) is 0 Å². The van der Waals surface area contributed by atoms with Gasteiger partial charge in [-0.05, 0) is 19.1 Å². The zero-order chi connectivity index (χ0) is 11.5. The Morgan fingerprint density at radius 1 is 1.40 bits per heavy atom. The van der Waals surface area contributed by atoms with E-state index in [1.165, 1.54) is 11.4 Å². The smallest absolute Gasteiger partial charge is 0.234 e. The van der Waals surface area contributed by atoms with E-state index in [0.29, 0.717) is 11.4 Å². The van der Waals surface area contributed by atoms with Crippen molar-refractivity contribution in [2.45, 2.75) is 6.92 Å². The fourth-order valence-corrected chi connectivity index (χ4v) is 1.98. The van der Waals surface area contributed by atoms with Crippen molar-refractivity contribution < 1.29 is 13.2 Å². The molecule has 84 valence electrons. The first kappa shape index (κ1) is 11.8. The van der Waals surface area contributed by atoms with Gasteiger partial charge in [-0.25, -0.2) is 8.42 Å². The van der Waals surface area contributed by atoms with E-state index in [4.69, 9.17) is 4.74 Å². The highest BCUT2D eigenvalue weighted by atomic mass is 32.2. The zero-order valence-electron chi connectivity index (χ0n) is 9.10. The van der Waals surface area contributed by atoms with Crippen LogP contribution in [0.25, 0.3) is 0 Å². The average molecular weight is 229 g/mol. The van der Waals surface area contributed by atoms with Gasteiger partial charge in [0, 0.05) is 13.1 Å². The zero-order valence-corrected chi connectivity index (χ0v) is 9.91. The van der Waals surface area contributed by atoms with Crippen LogP contribution >= 0.6 is 0 Å². The van der Waals surface area contributed by atoms with Crippen LogP contribution in [0.1, 0.15) is 6.92 Å². The number of anilines is 1. The summed E-state index contributed by atoms with van der Waals surface area (Å²) in [6.07, 6.45) is 0. The van der Waals surface area contributed by atoms with Crippen LogP contribution in [-0.4, -0.2) is 28.3 Å². The van der Waals surface area contributed by atoms with Gasteiger partial charge in [-0.1, -0.05) is 6.07 Å². The minimum atomic E-state index is -3.20. The topological polar surface area (TPSA) is 46.6 Å². The number of nitrogens with zero attached hydrogens (tertiary/aromatic N) is 1. The van der Waals surface area contributed by atoms with E-state index in [1.807, 2.05) is 0 Å². The molecule has 5 heteroatoms. The van der Waals surface area contributed by atoms with Crippen molar-refractivity contribution in [2.75, 3.05) is 24.2 Å². The molecule has 0 saturated heterocycles. The van der Waals surface area contributed by atoms with E-state index < -0.39 is 10.0 Å². The monoisotopic (exact) mass is 229 g/mol. The second-order valence-electron chi connectivity index (χ2n) is 3.07.